The van der Waals surface area contributed by atoms with E-state index in [2.05, 4.69) is 24.3 Å². The number of allylic oxidation sites excluding steroid dienone is 5. The van der Waals surface area contributed by atoms with Gasteiger partial charge in [0.2, 0.25) is 0 Å². The summed E-state index contributed by atoms with van der Waals surface area (Å²) in [5.74, 6) is 0.190. The van der Waals surface area contributed by atoms with Gasteiger partial charge in [0.05, 0.1) is 6.61 Å². The molecule has 2 heteroatoms. The maximum absolute atomic E-state index is 12.1. The molecule has 90 valence electrons. The lowest BCUT2D eigenvalue weighted by Crippen LogP contribution is -2.13. The molecule has 0 amide bonds. The van der Waals surface area contributed by atoms with Crippen LogP contribution in [0.1, 0.15) is 32.6 Å². The molecule has 0 aliphatic heterocycles. The average molecular weight is 230 g/mol. The van der Waals surface area contributed by atoms with Crippen molar-refractivity contribution in [3.05, 3.63) is 35.5 Å². The molecule has 3 aliphatic rings. The minimum absolute atomic E-state index is 0.0868. The van der Waals surface area contributed by atoms with Crippen LogP contribution in [0.2, 0.25) is 0 Å². The first kappa shape index (κ1) is 10.8. The molecule has 17 heavy (non-hydrogen) atoms. The number of hydrogen-bond acceptors (Lipinski definition) is 2. The quantitative estimate of drug-likeness (QED) is 0.681. The van der Waals surface area contributed by atoms with Gasteiger partial charge in [0.1, 0.15) is 0 Å². The molecule has 2 nitrogen and oxygen atoms in total. The maximum atomic E-state index is 12.1. The van der Waals surface area contributed by atoms with Crippen LogP contribution in [0.3, 0.4) is 0 Å². The fourth-order valence-corrected chi connectivity index (χ4v) is 3.66. The van der Waals surface area contributed by atoms with E-state index < -0.39 is 0 Å². The van der Waals surface area contributed by atoms with Crippen LogP contribution >= 0.6 is 0 Å². The highest BCUT2D eigenvalue weighted by atomic mass is 16.5. The van der Waals surface area contributed by atoms with E-state index in [1.54, 1.807) is 0 Å². The van der Waals surface area contributed by atoms with Gasteiger partial charge in [0, 0.05) is 16.9 Å². The molecule has 0 unspecified atom stereocenters. The van der Waals surface area contributed by atoms with Crippen molar-refractivity contribution in [2.75, 3.05) is 6.61 Å². The molecule has 2 bridgehead atoms. The molecule has 1 saturated carbocycles. The zero-order valence-electron chi connectivity index (χ0n) is 10.2. The zero-order valence-corrected chi connectivity index (χ0v) is 10.2. The van der Waals surface area contributed by atoms with Gasteiger partial charge in [0.15, 0.2) is 0 Å². The van der Waals surface area contributed by atoms with Crippen molar-refractivity contribution in [3.8, 4) is 0 Å². The molecule has 2 atom stereocenters. The van der Waals surface area contributed by atoms with Crippen molar-refractivity contribution in [2.45, 2.75) is 32.6 Å². The lowest BCUT2D eigenvalue weighted by molar-refractivity contribution is -0.138. The molecule has 0 radical (unpaired) electrons. The van der Waals surface area contributed by atoms with E-state index in [1.807, 2.05) is 6.92 Å². The Balaban J connectivity index is 2.06. The first-order valence-electron chi connectivity index (χ1n) is 6.53. The summed E-state index contributed by atoms with van der Waals surface area (Å²) in [7, 11) is 0. The molecule has 3 rings (SSSR count). The van der Waals surface area contributed by atoms with Crippen molar-refractivity contribution in [1.82, 2.24) is 0 Å². The standard InChI is InChI=1S/C15H18O2/c1-2-17-14(16)13-11-6-3-4-8-15(10-11)9-5-7-12(13)15/h3-4,6,8,11H,2,5,7,9-10H2,1H3/t11-,15-/m1/s1. The molecule has 3 aliphatic carbocycles. The van der Waals surface area contributed by atoms with Crippen molar-refractivity contribution in [3.63, 3.8) is 0 Å². The van der Waals surface area contributed by atoms with Gasteiger partial charge < -0.3 is 4.74 Å². The number of rotatable bonds is 2. The summed E-state index contributed by atoms with van der Waals surface area (Å²) < 4.78 is 5.22. The smallest absolute Gasteiger partial charge is 0.334 e. The number of esters is 1. The van der Waals surface area contributed by atoms with E-state index in [4.69, 9.17) is 4.74 Å². The molecule has 0 N–H and O–H groups in total. The Kier molecular flexibility index (Phi) is 2.46. The molecule has 0 heterocycles. The van der Waals surface area contributed by atoms with Crippen LogP contribution in [-0.4, -0.2) is 12.6 Å². The number of hydrogen-bond donors (Lipinski definition) is 0. The van der Waals surface area contributed by atoms with E-state index in [0.29, 0.717) is 6.61 Å². The Hall–Kier alpha value is -1.31. The van der Waals surface area contributed by atoms with Gasteiger partial charge in [-0.2, -0.15) is 0 Å². The first-order chi connectivity index (χ1) is 8.27. The second-order valence-electron chi connectivity index (χ2n) is 5.18. The highest BCUT2D eigenvalue weighted by Gasteiger charge is 2.48. The number of ether oxygens (including phenoxy) is 1. The molecule has 0 aromatic carbocycles. The number of carbonyl (C=O) groups is 1. The SMILES string of the molecule is CCOC(=O)C1=C2CCC[C@@]23C=CC=C[C@@H]1C3. The molecular formula is C15H18O2. The van der Waals surface area contributed by atoms with Gasteiger partial charge in [0.25, 0.3) is 0 Å². The van der Waals surface area contributed by atoms with Crippen LogP contribution in [0.5, 0.6) is 0 Å². The summed E-state index contributed by atoms with van der Waals surface area (Å²) in [5.41, 5.74) is 2.50. The van der Waals surface area contributed by atoms with Crippen LogP contribution in [0.25, 0.3) is 0 Å². The minimum Gasteiger partial charge on any atom is -0.463 e. The Morgan fingerprint density at radius 1 is 1.53 bits per heavy atom. The summed E-state index contributed by atoms with van der Waals surface area (Å²) in [4.78, 5) is 12.1. The second kappa shape index (κ2) is 3.86. The minimum atomic E-state index is -0.0868. The van der Waals surface area contributed by atoms with Crippen LogP contribution in [-0.2, 0) is 9.53 Å². The largest absolute Gasteiger partial charge is 0.463 e. The maximum Gasteiger partial charge on any atom is 0.334 e. The highest BCUT2D eigenvalue weighted by molar-refractivity contribution is 5.92. The van der Waals surface area contributed by atoms with E-state index in [1.165, 1.54) is 18.4 Å². The van der Waals surface area contributed by atoms with E-state index in [9.17, 15) is 4.79 Å². The van der Waals surface area contributed by atoms with Crippen LogP contribution in [0.15, 0.2) is 35.5 Å². The Morgan fingerprint density at radius 3 is 3.24 bits per heavy atom. The lowest BCUT2D eigenvalue weighted by Gasteiger charge is -2.21. The first-order valence-corrected chi connectivity index (χ1v) is 6.53. The van der Waals surface area contributed by atoms with Crippen LogP contribution < -0.4 is 0 Å². The van der Waals surface area contributed by atoms with Crippen molar-refractivity contribution in [1.29, 1.82) is 0 Å². The van der Waals surface area contributed by atoms with Gasteiger partial charge in [-0.15, -0.1) is 0 Å². The summed E-state index contributed by atoms with van der Waals surface area (Å²) in [6, 6.07) is 0. The van der Waals surface area contributed by atoms with Gasteiger partial charge in [-0.1, -0.05) is 24.3 Å². The van der Waals surface area contributed by atoms with E-state index >= 15 is 0 Å². The van der Waals surface area contributed by atoms with Crippen LogP contribution in [0, 0.1) is 11.3 Å². The van der Waals surface area contributed by atoms with Gasteiger partial charge in [-0.05, 0) is 38.2 Å². The number of carbonyl (C=O) groups excluding carboxylic acids is 1. The lowest BCUT2D eigenvalue weighted by atomic mass is 9.82. The van der Waals surface area contributed by atoms with Gasteiger partial charge in [-0.3, -0.25) is 0 Å². The predicted octanol–water partition coefficient (Wildman–Crippen LogP) is 3.16. The molecule has 0 aromatic heterocycles. The molecule has 1 spiro atoms. The summed E-state index contributed by atoms with van der Waals surface area (Å²) in [6.07, 6.45) is 13.2. The third kappa shape index (κ3) is 1.50. The Bertz CT molecular complexity index is 442. The summed E-state index contributed by atoms with van der Waals surface area (Å²) in [5, 5.41) is 0. The second-order valence-corrected chi connectivity index (χ2v) is 5.18. The fraction of sp³-hybridized carbons (Fsp3) is 0.533. The third-order valence-corrected chi connectivity index (χ3v) is 4.30. The molecule has 0 saturated heterocycles. The molecular weight excluding hydrogens is 212 g/mol. The zero-order chi connectivity index (χ0) is 11.9. The average Bonchev–Trinajstić information content (AvgIpc) is 2.67. The number of fused-ring (bicyclic) bond motifs is 1. The monoisotopic (exact) mass is 230 g/mol. The van der Waals surface area contributed by atoms with Crippen LogP contribution in [0.4, 0.5) is 0 Å². The highest BCUT2D eigenvalue weighted by Crippen LogP contribution is 2.57. The topological polar surface area (TPSA) is 26.3 Å². The molecule has 1 fully saturated rings. The van der Waals surface area contributed by atoms with Gasteiger partial charge >= 0.3 is 5.97 Å². The fourth-order valence-electron chi connectivity index (χ4n) is 3.66. The normalized spacial score (nSPS) is 33.8. The third-order valence-electron chi connectivity index (χ3n) is 4.30. The predicted molar refractivity (Wildman–Crippen MR) is 66.3 cm³/mol. The summed E-state index contributed by atoms with van der Waals surface area (Å²) in [6.45, 7) is 2.34. The summed E-state index contributed by atoms with van der Waals surface area (Å²) >= 11 is 0. The van der Waals surface area contributed by atoms with Crippen molar-refractivity contribution in [2.24, 2.45) is 11.3 Å². The van der Waals surface area contributed by atoms with E-state index in [0.717, 1.165) is 18.4 Å². The van der Waals surface area contributed by atoms with Gasteiger partial charge in [-0.25, -0.2) is 4.79 Å². The van der Waals surface area contributed by atoms with Crippen molar-refractivity contribution < 1.29 is 9.53 Å². The Labute approximate surface area is 102 Å². The van der Waals surface area contributed by atoms with Crippen molar-refractivity contribution >= 4 is 5.97 Å². The van der Waals surface area contributed by atoms with E-state index in [-0.39, 0.29) is 17.3 Å². The molecule has 0 aromatic rings. The Morgan fingerprint density at radius 2 is 2.41 bits per heavy atom.